The van der Waals surface area contributed by atoms with Gasteiger partial charge < -0.3 is 9.84 Å². The third kappa shape index (κ3) is 4.19. The van der Waals surface area contributed by atoms with E-state index in [1.165, 1.54) is 50.5 Å². The van der Waals surface area contributed by atoms with Crippen molar-refractivity contribution in [2.45, 2.75) is 64.7 Å². The van der Waals surface area contributed by atoms with Crippen LogP contribution in [0.4, 0.5) is 0 Å². The topological polar surface area (TPSA) is 46.5 Å². The number of hydrogen-bond acceptors (Lipinski definition) is 2. The van der Waals surface area contributed by atoms with E-state index < -0.39 is 5.97 Å². The molecule has 0 bridgehead atoms. The fourth-order valence-electron chi connectivity index (χ4n) is 4.21. The van der Waals surface area contributed by atoms with Gasteiger partial charge in [-0.15, -0.1) is 0 Å². The van der Waals surface area contributed by atoms with Crippen LogP contribution in [0.15, 0.2) is 29.3 Å². The van der Waals surface area contributed by atoms with Gasteiger partial charge in [-0.3, -0.25) is 4.79 Å². The van der Waals surface area contributed by atoms with Gasteiger partial charge in [-0.05, 0) is 80.2 Å². The van der Waals surface area contributed by atoms with Gasteiger partial charge in [0.15, 0.2) is 0 Å². The molecule has 1 N–H and O–H groups in total. The molecule has 0 spiro atoms. The van der Waals surface area contributed by atoms with Crippen LogP contribution in [0, 0.1) is 12.8 Å². The van der Waals surface area contributed by atoms with Crippen molar-refractivity contribution in [1.82, 2.24) is 0 Å². The summed E-state index contributed by atoms with van der Waals surface area (Å²) in [6.07, 6.45) is 10.0. The smallest absolute Gasteiger partial charge is 0.303 e. The maximum absolute atomic E-state index is 10.7. The van der Waals surface area contributed by atoms with Gasteiger partial charge in [0.1, 0.15) is 12.4 Å². The largest absolute Gasteiger partial charge is 0.489 e. The molecular weight excluding hydrogens is 300 g/mol. The molecule has 1 aromatic rings. The highest BCUT2D eigenvalue weighted by molar-refractivity contribution is 5.67. The summed E-state index contributed by atoms with van der Waals surface area (Å²) >= 11 is 0. The molecule has 0 aromatic heterocycles. The van der Waals surface area contributed by atoms with Gasteiger partial charge in [0.2, 0.25) is 0 Å². The average molecular weight is 328 g/mol. The maximum Gasteiger partial charge on any atom is 0.303 e. The van der Waals surface area contributed by atoms with Gasteiger partial charge in [0.25, 0.3) is 0 Å². The summed E-state index contributed by atoms with van der Waals surface area (Å²) in [5.41, 5.74) is 5.44. The van der Waals surface area contributed by atoms with Crippen molar-refractivity contribution < 1.29 is 14.6 Å². The lowest BCUT2D eigenvalue weighted by Crippen LogP contribution is -2.06. The Morgan fingerprint density at radius 1 is 1.21 bits per heavy atom. The first-order valence-electron chi connectivity index (χ1n) is 9.28. The second kappa shape index (κ2) is 7.87. The van der Waals surface area contributed by atoms with Crippen molar-refractivity contribution in [3.05, 3.63) is 40.5 Å². The standard InChI is InChI=1S/C21H28O3/c1-15-13-19(11-9-16(15)10-12-21(22)23)24-14-18-7-4-8-20(18)17-5-2-3-6-17/h9,11,13,17H,2-8,10,12,14H2,1H3,(H,22,23). The van der Waals surface area contributed by atoms with E-state index in [1.807, 2.05) is 25.1 Å². The van der Waals surface area contributed by atoms with Gasteiger partial charge in [-0.1, -0.05) is 24.5 Å². The lowest BCUT2D eigenvalue weighted by atomic mass is 9.94. The number of rotatable bonds is 7. The van der Waals surface area contributed by atoms with Crippen LogP contribution in [0.1, 0.15) is 62.5 Å². The van der Waals surface area contributed by atoms with Crippen LogP contribution >= 0.6 is 0 Å². The van der Waals surface area contributed by atoms with Crippen LogP contribution in [-0.4, -0.2) is 17.7 Å². The highest BCUT2D eigenvalue weighted by Gasteiger charge is 2.25. The monoisotopic (exact) mass is 328 g/mol. The number of carbonyl (C=O) groups is 1. The molecule has 3 nitrogen and oxygen atoms in total. The molecule has 1 saturated carbocycles. The van der Waals surface area contributed by atoms with Crippen LogP contribution in [0.2, 0.25) is 0 Å². The quantitative estimate of drug-likeness (QED) is 0.711. The first-order valence-corrected chi connectivity index (χ1v) is 9.28. The van der Waals surface area contributed by atoms with E-state index in [4.69, 9.17) is 9.84 Å². The molecule has 3 rings (SSSR count). The Bertz CT molecular complexity index is 624. The van der Waals surface area contributed by atoms with Crippen molar-refractivity contribution in [2.24, 2.45) is 5.92 Å². The Hall–Kier alpha value is -1.77. The Labute approximate surface area is 144 Å². The zero-order valence-electron chi connectivity index (χ0n) is 14.6. The van der Waals surface area contributed by atoms with Crippen molar-refractivity contribution >= 4 is 5.97 Å². The lowest BCUT2D eigenvalue weighted by Gasteiger charge is -2.15. The zero-order chi connectivity index (χ0) is 16.9. The normalized spacial score (nSPS) is 18.4. The fraction of sp³-hybridized carbons (Fsp3) is 0.571. The summed E-state index contributed by atoms with van der Waals surface area (Å²) in [5, 5.41) is 8.81. The number of hydrogen-bond donors (Lipinski definition) is 1. The van der Waals surface area contributed by atoms with Gasteiger partial charge >= 0.3 is 5.97 Å². The first kappa shape index (κ1) is 17.1. The van der Waals surface area contributed by atoms with Crippen molar-refractivity contribution in [3.63, 3.8) is 0 Å². The molecule has 1 fully saturated rings. The number of benzene rings is 1. The third-order valence-electron chi connectivity index (χ3n) is 5.56. The highest BCUT2D eigenvalue weighted by atomic mass is 16.5. The summed E-state index contributed by atoms with van der Waals surface area (Å²) < 4.78 is 6.07. The van der Waals surface area contributed by atoms with E-state index in [9.17, 15) is 4.79 Å². The number of allylic oxidation sites excluding steroid dienone is 1. The highest BCUT2D eigenvalue weighted by Crippen LogP contribution is 2.40. The molecule has 0 radical (unpaired) electrons. The van der Waals surface area contributed by atoms with Gasteiger partial charge in [0, 0.05) is 6.42 Å². The van der Waals surface area contributed by atoms with Crippen LogP contribution in [0.5, 0.6) is 5.75 Å². The Kier molecular flexibility index (Phi) is 5.60. The summed E-state index contributed by atoms with van der Waals surface area (Å²) in [4.78, 5) is 10.7. The number of aryl methyl sites for hydroxylation is 2. The summed E-state index contributed by atoms with van der Waals surface area (Å²) in [7, 11) is 0. The van der Waals surface area contributed by atoms with E-state index in [2.05, 4.69) is 0 Å². The summed E-state index contributed by atoms with van der Waals surface area (Å²) in [6.45, 7) is 2.75. The number of ether oxygens (including phenoxy) is 1. The molecule has 0 unspecified atom stereocenters. The second-order valence-corrected chi connectivity index (χ2v) is 7.23. The fourth-order valence-corrected chi connectivity index (χ4v) is 4.21. The Morgan fingerprint density at radius 2 is 2.00 bits per heavy atom. The lowest BCUT2D eigenvalue weighted by molar-refractivity contribution is -0.136. The Morgan fingerprint density at radius 3 is 2.71 bits per heavy atom. The number of aliphatic carboxylic acids is 1. The summed E-state index contributed by atoms with van der Waals surface area (Å²) in [6, 6.07) is 6.03. The third-order valence-corrected chi connectivity index (χ3v) is 5.56. The minimum absolute atomic E-state index is 0.179. The molecule has 1 aromatic carbocycles. The number of carboxylic acids is 1. The van der Waals surface area contributed by atoms with Crippen molar-refractivity contribution in [2.75, 3.05) is 6.61 Å². The minimum atomic E-state index is -0.748. The van der Waals surface area contributed by atoms with Gasteiger partial charge in [0.05, 0.1) is 0 Å². The zero-order valence-corrected chi connectivity index (χ0v) is 14.6. The molecule has 3 heteroatoms. The van der Waals surface area contributed by atoms with Crippen molar-refractivity contribution in [1.29, 1.82) is 0 Å². The molecule has 130 valence electrons. The van der Waals surface area contributed by atoms with Crippen molar-refractivity contribution in [3.8, 4) is 5.75 Å². The van der Waals surface area contributed by atoms with Crippen LogP contribution in [0.3, 0.4) is 0 Å². The Balaban J connectivity index is 1.60. The molecule has 2 aliphatic rings. The number of carboxylic acid groups (broad SMARTS) is 1. The average Bonchev–Trinajstić information content (AvgIpc) is 3.22. The van der Waals surface area contributed by atoms with Gasteiger partial charge in [-0.2, -0.15) is 0 Å². The molecule has 0 aliphatic heterocycles. The molecule has 2 aliphatic carbocycles. The molecular formula is C21H28O3. The summed E-state index contributed by atoms with van der Waals surface area (Å²) in [5.74, 6) is 0.977. The molecule has 0 saturated heterocycles. The molecule has 0 atom stereocenters. The van der Waals surface area contributed by atoms with Crippen LogP contribution in [0.25, 0.3) is 0 Å². The van der Waals surface area contributed by atoms with E-state index in [0.717, 1.165) is 29.4 Å². The SMILES string of the molecule is Cc1cc(OCC2=C(C3CCCC3)CCC2)ccc1CCC(=O)O. The second-order valence-electron chi connectivity index (χ2n) is 7.23. The maximum atomic E-state index is 10.7. The molecule has 0 heterocycles. The molecule has 24 heavy (non-hydrogen) atoms. The van der Waals surface area contributed by atoms with Crippen LogP contribution < -0.4 is 4.74 Å². The first-order chi connectivity index (χ1) is 11.6. The van der Waals surface area contributed by atoms with Gasteiger partial charge in [-0.25, -0.2) is 0 Å². The minimum Gasteiger partial charge on any atom is -0.489 e. The predicted octanol–water partition coefficient (Wildman–Crippen LogP) is 5.06. The van der Waals surface area contributed by atoms with E-state index >= 15 is 0 Å². The predicted molar refractivity (Wildman–Crippen MR) is 95.5 cm³/mol. The van der Waals surface area contributed by atoms with E-state index in [1.54, 1.807) is 5.57 Å². The van der Waals surface area contributed by atoms with E-state index in [0.29, 0.717) is 6.42 Å². The molecule has 0 amide bonds. The van der Waals surface area contributed by atoms with Crippen LogP contribution in [-0.2, 0) is 11.2 Å². The van der Waals surface area contributed by atoms with E-state index in [-0.39, 0.29) is 6.42 Å².